The fraction of sp³-hybridized carbons (Fsp3) is 0.143. The van der Waals surface area contributed by atoms with Gasteiger partial charge in [-0.2, -0.15) is 0 Å². The van der Waals surface area contributed by atoms with Gasteiger partial charge in [-0.15, -0.1) is 0 Å². The lowest BCUT2D eigenvalue weighted by Crippen LogP contribution is -2.18. The van der Waals surface area contributed by atoms with Crippen molar-refractivity contribution < 1.29 is 4.42 Å². The number of nitrogens with zero attached hydrogens (tertiary/aromatic N) is 1. The molecule has 2 aliphatic carbocycles. The Hall–Kier alpha value is -5.86. The highest BCUT2D eigenvalue weighted by molar-refractivity contribution is 5.97. The molecule has 0 spiro atoms. The first-order chi connectivity index (χ1) is 24.7. The second-order valence-electron chi connectivity index (χ2n) is 15.0. The second-order valence-corrected chi connectivity index (χ2v) is 15.0. The second kappa shape index (κ2) is 11.3. The van der Waals surface area contributed by atoms with Gasteiger partial charge in [0.15, 0.2) is 0 Å². The van der Waals surface area contributed by atoms with Crippen LogP contribution in [0.1, 0.15) is 61.3 Å². The summed E-state index contributed by atoms with van der Waals surface area (Å²) in [6.07, 6.45) is 2.03. The highest BCUT2D eigenvalue weighted by Crippen LogP contribution is 2.54. The standard InChI is InChI=1S/C49H41NO/c1-7-41-46(47-31(2)37-17-12-14-20-45(37)51-47)40-28-26-36(30-44(40)48(41,3)4)50(34-23-21-33(22-24-34)32-15-9-8-10-16-32)35-25-27-39-38-18-11-13-19-42(38)49(5,6)43(39)29-35/h7-30H,1H2,2-6H3. The Bertz CT molecular complexity index is 2540. The third-order valence-corrected chi connectivity index (χ3v) is 11.5. The summed E-state index contributed by atoms with van der Waals surface area (Å²) in [5.74, 6) is 0.930. The summed E-state index contributed by atoms with van der Waals surface area (Å²) in [5, 5.41) is 1.15. The molecule has 2 nitrogen and oxygen atoms in total. The molecule has 0 bridgehead atoms. The van der Waals surface area contributed by atoms with E-state index in [4.69, 9.17) is 4.42 Å². The number of rotatable bonds is 6. The zero-order valence-corrected chi connectivity index (χ0v) is 29.9. The van der Waals surface area contributed by atoms with Gasteiger partial charge in [-0.3, -0.25) is 0 Å². The Morgan fingerprint density at radius 2 is 1.12 bits per heavy atom. The Morgan fingerprint density at radius 3 is 1.82 bits per heavy atom. The largest absolute Gasteiger partial charge is 0.456 e. The van der Waals surface area contributed by atoms with Crippen molar-refractivity contribution >= 4 is 33.6 Å². The third-order valence-electron chi connectivity index (χ3n) is 11.5. The van der Waals surface area contributed by atoms with Crippen molar-refractivity contribution in [1.82, 2.24) is 0 Å². The number of benzene rings is 6. The normalized spacial score (nSPS) is 15.1. The van der Waals surface area contributed by atoms with Crippen LogP contribution in [0.5, 0.6) is 0 Å². The minimum absolute atomic E-state index is 0.104. The average molecular weight is 660 g/mol. The molecule has 9 rings (SSSR count). The third kappa shape index (κ3) is 4.63. The van der Waals surface area contributed by atoms with Gasteiger partial charge in [0.25, 0.3) is 0 Å². The number of hydrogen-bond donors (Lipinski definition) is 0. The minimum Gasteiger partial charge on any atom is -0.456 e. The van der Waals surface area contributed by atoms with Crippen LogP contribution in [-0.2, 0) is 10.8 Å². The molecule has 1 heterocycles. The molecule has 0 atom stereocenters. The summed E-state index contributed by atoms with van der Waals surface area (Å²) < 4.78 is 6.60. The molecule has 51 heavy (non-hydrogen) atoms. The summed E-state index contributed by atoms with van der Waals surface area (Å²) in [6.45, 7) is 15.8. The molecule has 0 N–H and O–H groups in total. The predicted octanol–water partition coefficient (Wildman–Crippen LogP) is 13.5. The molecular weight excluding hydrogens is 619 g/mol. The van der Waals surface area contributed by atoms with Gasteiger partial charge in [0, 0.05) is 44.4 Å². The van der Waals surface area contributed by atoms with Crippen LogP contribution < -0.4 is 4.90 Å². The molecule has 7 aromatic rings. The van der Waals surface area contributed by atoms with E-state index in [2.05, 4.69) is 180 Å². The number of para-hydroxylation sites is 1. The predicted molar refractivity (Wildman–Crippen MR) is 214 cm³/mol. The Balaban J connectivity index is 1.22. The number of furan rings is 1. The van der Waals surface area contributed by atoms with Crippen molar-refractivity contribution in [3.8, 4) is 22.3 Å². The Kier molecular flexibility index (Phi) is 6.92. The van der Waals surface area contributed by atoms with Gasteiger partial charge in [-0.1, -0.05) is 137 Å². The molecule has 1 aromatic heterocycles. The van der Waals surface area contributed by atoms with Crippen molar-refractivity contribution in [2.75, 3.05) is 4.90 Å². The maximum absolute atomic E-state index is 6.60. The number of fused-ring (bicyclic) bond motifs is 5. The van der Waals surface area contributed by atoms with Crippen molar-refractivity contribution in [3.63, 3.8) is 0 Å². The summed E-state index contributed by atoms with van der Waals surface area (Å²) in [7, 11) is 0. The Morgan fingerprint density at radius 1 is 0.549 bits per heavy atom. The smallest absolute Gasteiger partial charge is 0.139 e. The van der Waals surface area contributed by atoms with E-state index in [1.807, 2.05) is 12.1 Å². The van der Waals surface area contributed by atoms with Crippen molar-refractivity contribution in [3.05, 3.63) is 191 Å². The van der Waals surface area contributed by atoms with Gasteiger partial charge >= 0.3 is 0 Å². The van der Waals surface area contributed by atoms with E-state index in [9.17, 15) is 0 Å². The first-order valence-electron chi connectivity index (χ1n) is 17.9. The summed E-state index contributed by atoms with van der Waals surface area (Å²) in [6, 6.07) is 50.7. The molecule has 6 aromatic carbocycles. The fourth-order valence-corrected chi connectivity index (χ4v) is 8.74. The lowest BCUT2D eigenvalue weighted by atomic mass is 9.81. The van der Waals surface area contributed by atoms with Gasteiger partial charge in [0.1, 0.15) is 11.3 Å². The molecule has 2 heteroatoms. The van der Waals surface area contributed by atoms with Crippen molar-refractivity contribution in [2.45, 2.75) is 45.4 Å². The number of hydrogen-bond acceptors (Lipinski definition) is 2. The SMILES string of the molecule is C=CC1=C(c2oc3ccccc3c2C)c2ccc(N(c3ccc(-c4ccccc4)cc3)c3ccc4c(c3)C(C)(C)c3ccccc3-4)cc2C1(C)C. The minimum atomic E-state index is -0.280. The van der Waals surface area contributed by atoms with E-state index < -0.39 is 0 Å². The monoisotopic (exact) mass is 659 g/mol. The zero-order chi connectivity index (χ0) is 35.1. The summed E-state index contributed by atoms with van der Waals surface area (Å²) >= 11 is 0. The van der Waals surface area contributed by atoms with Crippen LogP contribution in [0.3, 0.4) is 0 Å². The van der Waals surface area contributed by atoms with Crippen LogP contribution in [0.2, 0.25) is 0 Å². The first kappa shape index (κ1) is 31.1. The first-order valence-corrected chi connectivity index (χ1v) is 17.9. The van der Waals surface area contributed by atoms with Crippen LogP contribution in [0.25, 0.3) is 38.8 Å². The highest BCUT2D eigenvalue weighted by atomic mass is 16.3. The molecule has 0 radical (unpaired) electrons. The van der Waals surface area contributed by atoms with Crippen molar-refractivity contribution in [1.29, 1.82) is 0 Å². The molecule has 2 aliphatic rings. The number of aryl methyl sites for hydroxylation is 1. The van der Waals surface area contributed by atoms with E-state index in [0.717, 1.165) is 44.9 Å². The summed E-state index contributed by atoms with van der Waals surface area (Å²) in [5.41, 5.74) is 17.7. The maximum atomic E-state index is 6.60. The molecule has 0 amide bonds. The average Bonchev–Trinajstić information content (AvgIpc) is 3.69. The maximum Gasteiger partial charge on any atom is 0.139 e. The molecule has 0 unspecified atom stereocenters. The van der Waals surface area contributed by atoms with Crippen LogP contribution in [0.4, 0.5) is 17.1 Å². The highest BCUT2D eigenvalue weighted by Gasteiger charge is 2.40. The van der Waals surface area contributed by atoms with E-state index in [1.165, 1.54) is 50.1 Å². The van der Waals surface area contributed by atoms with E-state index >= 15 is 0 Å². The molecule has 0 fully saturated rings. The van der Waals surface area contributed by atoms with E-state index in [-0.39, 0.29) is 10.8 Å². The number of anilines is 3. The van der Waals surface area contributed by atoms with E-state index in [0.29, 0.717) is 0 Å². The molecule has 0 aliphatic heterocycles. The zero-order valence-electron chi connectivity index (χ0n) is 29.9. The fourth-order valence-electron chi connectivity index (χ4n) is 8.74. The van der Waals surface area contributed by atoms with Crippen LogP contribution in [0, 0.1) is 6.92 Å². The molecule has 0 saturated heterocycles. The van der Waals surface area contributed by atoms with Gasteiger partial charge < -0.3 is 9.32 Å². The molecule has 0 saturated carbocycles. The molecule has 248 valence electrons. The topological polar surface area (TPSA) is 16.4 Å². The van der Waals surface area contributed by atoms with Crippen LogP contribution >= 0.6 is 0 Å². The van der Waals surface area contributed by atoms with Gasteiger partial charge in [0.05, 0.1) is 0 Å². The van der Waals surface area contributed by atoms with E-state index in [1.54, 1.807) is 0 Å². The molecular formula is C49H41NO. The quantitative estimate of drug-likeness (QED) is 0.177. The van der Waals surface area contributed by atoms with Gasteiger partial charge in [0.2, 0.25) is 0 Å². The number of allylic oxidation sites excluding steroid dienone is 2. The van der Waals surface area contributed by atoms with Gasteiger partial charge in [-0.25, -0.2) is 0 Å². The lowest BCUT2D eigenvalue weighted by molar-refractivity contribution is 0.595. The lowest BCUT2D eigenvalue weighted by Gasteiger charge is -2.30. The Labute approximate surface area is 301 Å². The van der Waals surface area contributed by atoms with Crippen LogP contribution in [0.15, 0.2) is 162 Å². The van der Waals surface area contributed by atoms with Crippen LogP contribution in [-0.4, -0.2) is 0 Å². The summed E-state index contributed by atoms with van der Waals surface area (Å²) in [4.78, 5) is 2.42. The van der Waals surface area contributed by atoms with Gasteiger partial charge in [-0.05, 0) is 99.5 Å². The van der Waals surface area contributed by atoms with Crippen molar-refractivity contribution in [2.24, 2.45) is 0 Å².